The summed E-state index contributed by atoms with van der Waals surface area (Å²) < 4.78 is 16.4. The molecule has 0 aliphatic heterocycles. The largest absolute Gasteiger partial charge is 0.493 e. The summed E-state index contributed by atoms with van der Waals surface area (Å²) in [4.78, 5) is 0. The Morgan fingerprint density at radius 3 is 2.60 bits per heavy atom. The Hall–Kier alpha value is -1.26. The van der Waals surface area contributed by atoms with Gasteiger partial charge in [0.25, 0.3) is 0 Å². The summed E-state index contributed by atoms with van der Waals surface area (Å²) in [5.41, 5.74) is 1.19. The lowest BCUT2D eigenvalue weighted by molar-refractivity contribution is 0.130. The first-order chi connectivity index (χ1) is 9.67. The predicted molar refractivity (Wildman–Crippen MR) is 81.6 cm³/mol. The molecule has 0 saturated carbocycles. The molecule has 0 spiro atoms. The van der Waals surface area contributed by atoms with E-state index < -0.39 is 0 Å². The van der Waals surface area contributed by atoms with Crippen LogP contribution >= 0.6 is 0 Å². The molecule has 1 aromatic rings. The smallest absolute Gasteiger partial charge is 0.161 e. The Morgan fingerprint density at radius 2 is 1.95 bits per heavy atom. The molecule has 0 unspecified atom stereocenters. The fraction of sp³-hybridized carbons (Fsp3) is 0.625. The Morgan fingerprint density at radius 1 is 1.15 bits per heavy atom. The van der Waals surface area contributed by atoms with Crippen molar-refractivity contribution < 1.29 is 14.2 Å². The average Bonchev–Trinajstić information content (AvgIpc) is 2.45. The van der Waals surface area contributed by atoms with Crippen LogP contribution in [-0.4, -0.2) is 33.0 Å². The summed E-state index contributed by atoms with van der Waals surface area (Å²) in [7, 11) is 1.67. The lowest BCUT2D eigenvalue weighted by atomic mass is 10.2. The standard InChI is InChI=1S/C16H27NO3/c1-5-19-9-6-10-20-15-8-7-14(11-16(15)18-4)12-17-13(2)3/h7-8,11,13,17H,5-6,9-10,12H2,1-4H3. The molecule has 0 saturated heterocycles. The van der Waals surface area contributed by atoms with Crippen LogP contribution in [0.15, 0.2) is 18.2 Å². The van der Waals surface area contributed by atoms with Gasteiger partial charge in [-0.2, -0.15) is 0 Å². The van der Waals surface area contributed by atoms with Gasteiger partial charge in [0.05, 0.1) is 13.7 Å². The van der Waals surface area contributed by atoms with Gasteiger partial charge in [-0.25, -0.2) is 0 Å². The molecule has 1 rings (SSSR count). The van der Waals surface area contributed by atoms with Gasteiger partial charge in [0.15, 0.2) is 11.5 Å². The van der Waals surface area contributed by atoms with Gasteiger partial charge in [0.2, 0.25) is 0 Å². The zero-order chi connectivity index (χ0) is 14.8. The molecular formula is C16H27NO3. The van der Waals surface area contributed by atoms with E-state index in [1.54, 1.807) is 7.11 Å². The van der Waals surface area contributed by atoms with E-state index in [9.17, 15) is 0 Å². The highest BCUT2D eigenvalue weighted by atomic mass is 16.5. The van der Waals surface area contributed by atoms with Crippen molar-refractivity contribution in [3.63, 3.8) is 0 Å². The van der Waals surface area contributed by atoms with Crippen molar-refractivity contribution in [1.29, 1.82) is 0 Å². The third-order valence-corrected chi connectivity index (χ3v) is 2.84. The molecule has 114 valence electrons. The van der Waals surface area contributed by atoms with Crippen LogP contribution < -0.4 is 14.8 Å². The molecule has 4 heteroatoms. The van der Waals surface area contributed by atoms with Crippen molar-refractivity contribution in [1.82, 2.24) is 5.32 Å². The van der Waals surface area contributed by atoms with E-state index in [1.165, 1.54) is 5.56 Å². The van der Waals surface area contributed by atoms with Crippen molar-refractivity contribution in [2.75, 3.05) is 26.9 Å². The van der Waals surface area contributed by atoms with E-state index in [-0.39, 0.29) is 0 Å². The van der Waals surface area contributed by atoms with Crippen LogP contribution in [0.25, 0.3) is 0 Å². The van der Waals surface area contributed by atoms with E-state index in [4.69, 9.17) is 14.2 Å². The van der Waals surface area contributed by atoms with E-state index >= 15 is 0 Å². The summed E-state index contributed by atoms with van der Waals surface area (Å²) in [5.74, 6) is 1.57. The molecule has 0 aliphatic rings. The van der Waals surface area contributed by atoms with E-state index in [2.05, 4.69) is 25.2 Å². The second kappa shape index (κ2) is 9.61. The van der Waals surface area contributed by atoms with Gasteiger partial charge in [-0.15, -0.1) is 0 Å². The number of methoxy groups -OCH3 is 1. The van der Waals surface area contributed by atoms with Crippen molar-refractivity contribution in [2.24, 2.45) is 0 Å². The van der Waals surface area contributed by atoms with Gasteiger partial charge < -0.3 is 19.5 Å². The molecule has 0 atom stereocenters. The maximum absolute atomic E-state index is 5.73. The van der Waals surface area contributed by atoms with Gasteiger partial charge in [-0.1, -0.05) is 19.9 Å². The average molecular weight is 281 g/mol. The fourth-order valence-electron chi connectivity index (χ4n) is 1.75. The second-order valence-corrected chi connectivity index (χ2v) is 4.92. The number of hydrogen-bond acceptors (Lipinski definition) is 4. The van der Waals surface area contributed by atoms with Crippen molar-refractivity contribution in [3.05, 3.63) is 23.8 Å². The molecule has 0 bridgehead atoms. The number of benzene rings is 1. The highest BCUT2D eigenvalue weighted by Gasteiger charge is 2.06. The van der Waals surface area contributed by atoms with E-state index in [0.717, 1.165) is 37.7 Å². The summed E-state index contributed by atoms with van der Waals surface area (Å²) >= 11 is 0. The topological polar surface area (TPSA) is 39.7 Å². The Labute approximate surface area is 122 Å². The van der Waals surface area contributed by atoms with E-state index in [1.807, 2.05) is 19.1 Å². The highest BCUT2D eigenvalue weighted by molar-refractivity contribution is 5.42. The Kier molecular flexibility index (Phi) is 8.07. The molecule has 20 heavy (non-hydrogen) atoms. The minimum atomic E-state index is 0.468. The van der Waals surface area contributed by atoms with Gasteiger partial charge in [-0.3, -0.25) is 0 Å². The van der Waals surface area contributed by atoms with E-state index in [0.29, 0.717) is 12.6 Å². The maximum Gasteiger partial charge on any atom is 0.161 e. The van der Waals surface area contributed by atoms with Gasteiger partial charge in [-0.05, 0) is 24.6 Å². The first kappa shape index (κ1) is 16.8. The highest BCUT2D eigenvalue weighted by Crippen LogP contribution is 2.28. The van der Waals surface area contributed by atoms with Crippen molar-refractivity contribution >= 4 is 0 Å². The van der Waals surface area contributed by atoms with Crippen LogP contribution in [0.1, 0.15) is 32.8 Å². The molecule has 1 aromatic carbocycles. The zero-order valence-corrected chi connectivity index (χ0v) is 13.1. The van der Waals surface area contributed by atoms with Gasteiger partial charge in [0.1, 0.15) is 0 Å². The third-order valence-electron chi connectivity index (χ3n) is 2.84. The summed E-state index contributed by atoms with van der Waals surface area (Å²) in [6.45, 7) is 9.21. The monoisotopic (exact) mass is 281 g/mol. The number of ether oxygens (including phenoxy) is 3. The molecule has 0 amide bonds. The SMILES string of the molecule is CCOCCCOc1ccc(CNC(C)C)cc1OC. The quantitative estimate of drug-likeness (QED) is 0.669. The van der Waals surface area contributed by atoms with Crippen LogP contribution in [0.2, 0.25) is 0 Å². The molecule has 0 aliphatic carbocycles. The minimum absolute atomic E-state index is 0.468. The van der Waals surface area contributed by atoms with Crippen LogP contribution in [0, 0.1) is 0 Å². The third kappa shape index (κ3) is 6.26. The van der Waals surface area contributed by atoms with Gasteiger partial charge >= 0.3 is 0 Å². The predicted octanol–water partition coefficient (Wildman–Crippen LogP) is 3.00. The normalized spacial score (nSPS) is 10.8. The lowest BCUT2D eigenvalue weighted by Gasteiger charge is -2.13. The van der Waals surface area contributed by atoms with Gasteiger partial charge in [0, 0.05) is 32.2 Å². The molecule has 0 aromatic heterocycles. The molecule has 0 heterocycles. The molecule has 4 nitrogen and oxygen atoms in total. The summed E-state index contributed by atoms with van der Waals surface area (Å²) in [5, 5.41) is 3.39. The zero-order valence-electron chi connectivity index (χ0n) is 13.1. The van der Waals surface area contributed by atoms with Crippen LogP contribution in [0.4, 0.5) is 0 Å². The van der Waals surface area contributed by atoms with Crippen molar-refractivity contribution in [2.45, 2.75) is 39.8 Å². The molecular weight excluding hydrogens is 254 g/mol. The van der Waals surface area contributed by atoms with Crippen LogP contribution in [-0.2, 0) is 11.3 Å². The minimum Gasteiger partial charge on any atom is -0.493 e. The Bertz CT molecular complexity index is 380. The summed E-state index contributed by atoms with van der Waals surface area (Å²) in [6.07, 6.45) is 0.883. The van der Waals surface area contributed by atoms with Crippen molar-refractivity contribution in [3.8, 4) is 11.5 Å². The number of rotatable bonds is 10. The maximum atomic E-state index is 5.73. The molecule has 0 fully saturated rings. The first-order valence-corrected chi connectivity index (χ1v) is 7.28. The second-order valence-electron chi connectivity index (χ2n) is 4.92. The number of nitrogens with one attached hydrogen (secondary N) is 1. The molecule has 0 radical (unpaired) electrons. The van der Waals surface area contributed by atoms with Crippen LogP contribution in [0.3, 0.4) is 0 Å². The summed E-state index contributed by atoms with van der Waals surface area (Å²) in [6, 6.07) is 6.52. The fourth-order valence-corrected chi connectivity index (χ4v) is 1.75. The number of hydrogen-bond donors (Lipinski definition) is 1. The van der Waals surface area contributed by atoms with Crippen LogP contribution in [0.5, 0.6) is 11.5 Å². The lowest BCUT2D eigenvalue weighted by Crippen LogP contribution is -2.21. The Balaban J connectivity index is 2.50. The molecule has 1 N–H and O–H groups in total. The first-order valence-electron chi connectivity index (χ1n) is 7.28.